The Morgan fingerprint density at radius 3 is 2.81 bits per heavy atom. The Morgan fingerprint density at radius 1 is 1.14 bits per heavy atom. The van der Waals surface area contributed by atoms with Gasteiger partial charge in [0.2, 0.25) is 0 Å². The Morgan fingerprint density at radius 2 is 2.00 bits per heavy atom. The third-order valence-electron chi connectivity index (χ3n) is 3.18. The van der Waals surface area contributed by atoms with Crippen LogP contribution in [0.2, 0.25) is 0 Å². The summed E-state index contributed by atoms with van der Waals surface area (Å²) in [5.41, 5.74) is 3.40. The van der Waals surface area contributed by atoms with Crippen molar-refractivity contribution < 1.29 is 4.74 Å². The topological polar surface area (TPSA) is 33.0 Å². The third-order valence-corrected chi connectivity index (χ3v) is 4.28. The highest BCUT2D eigenvalue weighted by molar-refractivity contribution is 7.98. The van der Waals surface area contributed by atoms with E-state index < -0.39 is 0 Å². The van der Waals surface area contributed by atoms with E-state index in [1.807, 2.05) is 23.9 Å². The molecule has 3 heteroatoms. The van der Waals surface area contributed by atoms with Crippen molar-refractivity contribution in [3.8, 4) is 11.8 Å². The minimum absolute atomic E-state index is 0.640. The van der Waals surface area contributed by atoms with Gasteiger partial charge in [-0.1, -0.05) is 30.3 Å². The fourth-order valence-electron chi connectivity index (χ4n) is 1.96. The summed E-state index contributed by atoms with van der Waals surface area (Å²) in [6.45, 7) is 2.84. The number of nitriles is 1. The molecule has 0 unspecified atom stereocenters. The molecular weight excluding hydrogens is 278 g/mol. The summed E-state index contributed by atoms with van der Waals surface area (Å²) in [7, 11) is 0. The summed E-state index contributed by atoms with van der Waals surface area (Å²) in [6.07, 6.45) is 1.01. The Balaban J connectivity index is 1.64. The average Bonchev–Trinajstić information content (AvgIpc) is 2.52. The van der Waals surface area contributed by atoms with Crippen LogP contribution in [0.15, 0.2) is 48.5 Å². The molecule has 108 valence electrons. The zero-order chi connectivity index (χ0) is 14.9. The zero-order valence-corrected chi connectivity index (χ0v) is 13.0. The van der Waals surface area contributed by atoms with Crippen LogP contribution in [0, 0.1) is 18.3 Å². The van der Waals surface area contributed by atoms with Crippen LogP contribution in [-0.4, -0.2) is 12.4 Å². The average molecular weight is 297 g/mol. The summed E-state index contributed by atoms with van der Waals surface area (Å²) in [5, 5.41) is 8.83. The van der Waals surface area contributed by atoms with Crippen molar-refractivity contribution in [2.24, 2.45) is 0 Å². The SMILES string of the molecule is Cc1ccccc1CSCCCOc1cccc(C#N)c1. The molecular formula is C18H19NOS. The van der Waals surface area contributed by atoms with Gasteiger partial charge in [-0.15, -0.1) is 0 Å². The Labute approximate surface area is 130 Å². The monoisotopic (exact) mass is 297 g/mol. The number of nitrogens with zero attached hydrogens (tertiary/aromatic N) is 1. The maximum Gasteiger partial charge on any atom is 0.120 e. The molecule has 2 nitrogen and oxygen atoms in total. The molecule has 0 N–H and O–H groups in total. The molecule has 2 aromatic rings. The Kier molecular flexibility index (Phi) is 6.18. The van der Waals surface area contributed by atoms with Crippen molar-refractivity contribution >= 4 is 11.8 Å². The second-order valence-electron chi connectivity index (χ2n) is 4.82. The van der Waals surface area contributed by atoms with E-state index in [4.69, 9.17) is 10.00 Å². The first-order chi connectivity index (χ1) is 10.3. The first-order valence-corrected chi connectivity index (χ1v) is 8.20. The summed E-state index contributed by atoms with van der Waals surface area (Å²) in [6, 6.07) is 17.9. The summed E-state index contributed by atoms with van der Waals surface area (Å²) < 4.78 is 5.66. The number of thioether (sulfide) groups is 1. The molecule has 0 amide bonds. The van der Waals surface area contributed by atoms with Gasteiger partial charge >= 0.3 is 0 Å². The van der Waals surface area contributed by atoms with Crippen LogP contribution in [0.3, 0.4) is 0 Å². The van der Waals surface area contributed by atoms with Crippen molar-refractivity contribution in [3.63, 3.8) is 0 Å². The predicted molar refractivity (Wildman–Crippen MR) is 88.6 cm³/mol. The Hall–Kier alpha value is -1.92. The van der Waals surface area contributed by atoms with Crippen molar-refractivity contribution in [2.45, 2.75) is 19.1 Å². The fraction of sp³-hybridized carbons (Fsp3) is 0.278. The molecule has 0 aromatic heterocycles. The van der Waals surface area contributed by atoms with Crippen molar-refractivity contribution in [1.29, 1.82) is 5.26 Å². The van der Waals surface area contributed by atoms with Gasteiger partial charge in [0.15, 0.2) is 0 Å². The standard InChI is InChI=1S/C18H19NOS/c1-15-6-2-3-8-17(15)14-21-11-5-10-20-18-9-4-7-16(12-18)13-19/h2-4,6-9,12H,5,10-11,14H2,1H3. The smallest absolute Gasteiger partial charge is 0.120 e. The van der Waals surface area contributed by atoms with Crippen LogP contribution in [0.25, 0.3) is 0 Å². The molecule has 0 aliphatic heterocycles. The van der Waals surface area contributed by atoms with Gasteiger partial charge < -0.3 is 4.74 Å². The summed E-state index contributed by atoms with van der Waals surface area (Å²) in [5.74, 6) is 2.90. The first kappa shape index (κ1) is 15.5. The van der Waals surface area contributed by atoms with Crippen LogP contribution in [-0.2, 0) is 5.75 Å². The third kappa shape index (κ3) is 5.17. The van der Waals surface area contributed by atoms with Crippen LogP contribution < -0.4 is 4.74 Å². The van der Waals surface area contributed by atoms with E-state index in [1.54, 1.807) is 12.1 Å². The van der Waals surface area contributed by atoms with Gasteiger partial charge in [-0.25, -0.2) is 0 Å². The number of rotatable bonds is 7. The van der Waals surface area contributed by atoms with Crippen molar-refractivity contribution in [2.75, 3.05) is 12.4 Å². The molecule has 0 saturated carbocycles. The predicted octanol–water partition coefficient (Wildman–Crippen LogP) is 4.57. The summed E-state index contributed by atoms with van der Waals surface area (Å²) >= 11 is 1.93. The molecule has 2 aromatic carbocycles. The van der Waals surface area contributed by atoms with Crippen LogP contribution >= 0.6 is 11.8 Å². The number of benzene rings is 2. The van der Waals surface area contributed by atoms with Crippen LogP contribution in [0.1, 0.15) is 23.1 Å². The van der Waals surface area contributed by atoms with Crippen molar-refractivity contribution in [1.82, 2.24) is 0 Å². The molecule has 0 fully saturated rings. The van der Waals surface area contributed by atoms with Crippen LogP contribution in [0.4, 0.5) is 0 Å². The molecule has 0 bridgehead atoms. The molecule has 21 heavy (non-hydrogen) atoms. The maximum atomic E-state index is 8.83. The minimum Gasteiger partial charge on any atom is -0.494 e. The van der Waals surface area contributed by atoms with Gasteiger partial charge in [-0.3, -0.25) is 0 Å². The lowest BCUT2D eigenvalue weighted by Crippen LogP contribution is -1.99. The van der Waals surface area contributed by atoms with E-state index in [-0.39, 0.29) is 0 Å². The first-order valence-electron chi connectivity index (χ1n) is 7.05. The van der Waals surface area contributed by atoms with Gasteiger partial charge in [0, 0.05) is 5.75 Å². The van der Waals surface area contributed by atoms with Gasteiger partial charge in [0.1, 0.15) is 5.75 Å². The molecule has 2 rings (SSSR count). The maximum absolute atomic E-state index is 8.83. The van der Waals surface area contributed by atoms with E-state index in [9.17, 15) is 0 Å². The Bertz CT molecular complexity index is 619. The lowest BCUT2D eigenvalue weighted by molar-refractivity contribution is 0.318. The molecule has 0 spiro atoms. The molecule has 0 aliphatic rings. The molecule has 0 atom stereocenters. The number of ether oxygens (including phenoxy) is 1. The van der Waals surface area contributed by atoms with Gasteiger partial charge in [0.25, 0.3) is 0 Å². The van der Waals surface area contributed by atoms with E-state index >= 15 is 0 Å². The summed E-state index contributed by atoms with van der Waals surface area (Å²) in [4.78, 5) is 0. The van der Waals surface area contributed by atoms with E-state index in [1.165, 1.54) is 11.1 Å². The highest BCUT2D eigenvalue weighted by Crippen LogP contribution is 2.17. The quantitative estimate of drug-likeness (QED) is 0.702. The molecule has 0 saturated heterocycles. The normalized spacial score (nSPS) is 10.1. The van der Waals surface area contributed by atoms with E-state index in [0.29, 0.717) is 12.2 Å². The number of hydrogen-bond donors (Lipinski definition) is 0. The van der Waals surface area contributed by atoms with Gasteiger partial charge in [-0.05, 0) is 48.4 Å². The molecule has 0 heterocycles. The number of hydrogen-bond acceptors (Lipinski definition) is 3. The lowest BCUT2D eigenvalue weighted by Gasteiger charge is -2.07. The van der Waals surface area contributed by atoms with Gasteiger partial charge in [0.05, 0.1) is 18.2 Å². The largest absolute Gasteiger partial charge is 0.494 e. The molecule has 0 radical (unpaired) electrons. The van der Waals surface area contributed by atoms with Crippen LogP contribution in [0.5, 0.6) is 5.75 Å². The second kappa shape index (κ2) is 8.39. The van der Waals surface area contributed by atoms with E-state index in [0.717, 1.165) is 23.7 Å². The zero-order valence-electron chi connectivity index (χ0n) is 12.2. The highest BCUT2D eigenvalue weighted by Gasteiger charge is 1.99. The second-order valence-corrected chi connectivity index (χ2v) is 5.93. The van der Waals surface area contributed by atoms with E-state index in [2.05, 4.69) is 37.3 Å². The minimum atomic E-state index is 0.640. The fourth-order valence-corrected chi connectivity index (χ4v) is 2.97. The highest BCUT2D eigenvalue weighted by atomic mass is 32.2. The van der Waals surface area contributed by atoms with Gasteiger partial charge in [-0.2, -0.15) is 17.0 Å². The lowest BCUT2D eigenvalue weighted by atomic mass is 10.1. The number of aryl methyl sites for hydroxylation is 1. The molecule has 0 aliphatic carbocycles. The van der Waals surface area contributed by atoms with Crippen molar-refractivity contribution in [3.05, 3.63) is 65.2 Å².